The number of nitrogens with one attached hydrogen (secondary N) is 2. The number of esters is 1. The number of para-hydroxylation sites is 1. The molecular weight excluding hydrogens is 356 g/mol. The summed E-state index contributed by atoms with van der Waals surface area (Å²) in [7, 11) is 0. The molecule has 8 heteroatoms. The van der Waals surface area contributed by atoms with Crippen molar-refractivity contribution >= 4 is 29.1 Å². The van der Waals surface area contributed by atoms with E-state index in [1.807, 2.05) is 23.6 Å². The highest BCUT2D eigenvalue weighted by Gasteiger charge is 2.10. The van der Waals surface area contributed by atoms with Gasteiger partial charge < -0.3 is 20.1 Å². The molecule has 1 aromatic heterocycles. The molecule has 0 aliphatic rings. The van der Waals surface area contributed by atoms with Gasteiger partial charge in [-0.05, 0) is 30.0 Å². The van der Waals surface area contributed by atoms with E-state index in [-0.39, 0.29) is 25.7 Å². The summed E-state index contributed by atoms with van der Waals surface area (Å²) in [5, 5.41) is 7.00. The van der Waals surface area contributed by atoms with Gasteiger partial charge in [0.2, 0.25) is 0 Å². The number of carbonyl (C=O) groups excluding carboxylic acids is 3. The Morgan fingerprint density at radius 2 is 1.69 bits per heavy atom. The first-order chi connectivity index (χ1) is 12.6. The summed E-state index contributed by atoms with van der Waals surface area (Å²) < 4.78 is 10.0. The second-order valence-electron chi connectivity index (χ2n) is 5.22. The first-order valence-corrected chi connectivity index (χ1v) is 8.90. The Morgan fingerprint density at radius 1 is 0.923 bits per heavy atom. The highest BCUT2D eigenvalue weighted by atomic mass is 32.1. The molecule has 0 aliphatic carbocycles. The van der Waals surface area contributed by atoms with E-state index in [9.17, 15) is 14.4 Å². The molecule has 0 fully saturated rings. The third-order valence-electron chi connectivity index (χ3n) is 3.18. The number of hydrogen-bond acceptors (Lipinski definition) is 6. The average molecular weight is 376 g/mol. The van der Waals surface area contributed by atoms with Gasteiger partial charge in [-0.15, -0.1) is 11.3 Å². The lowest BCUT2D eigenvalue weighted by atomic mass is 10.3. The Labute approximate surface area is 155 Å². The van der Waals surface area contributed by atoms with Crippen molar-refractivity contribution in [1.82, 2.24) is 10.6 Å². The van der Waals surface area contributed by atoms with Crippen molar-refractivity contribution in [3.8, 4) is 5.75 Å². The van der Waals surface area contributed by atoms with E-state index in [2.05, 4.69) is 10.6 Å². The molecule has 2 rings (SSSR count). The minimum Gasteiger partial charge on any atom is -0.484 e. The molecule has 0 saturated heterocycles. The zero-order chi connectivity index (χ0) is 18.6. The first kappa shape index (κ1) is 19.5. The molecule has 2 N–H and O–H groups in total. The van der Waals surface area contributed by atoms with Crippen LogP contribution >= 0.6 is 11.3 Å². The second kappa shape index (κ2) is 10.9. The van der Waals surface area contributed by atoms with Crippen LogP contribution in [-0.4, -0.2) is 44.1 Å². The highest BCUT2D eigenvalue weighted by molar-refractivity contribution is 7.09. The lowest BCUT2D eigenvalue weighted by Crippen LogP contribution is -2.36. The van der Waals surface area contributed by atoms with Crippen molar-refractivity contribution in [3.63, 3.8) is 0 Å². The van der Waals surface area contributed by atoms with Crippen LogP contribution in [-0.2, 0) is 25.5 Å². The fourth-order valence-corrected chi connectivity index (χ4v) is 2.62. The zero-order valence-corrected chi connectivity index (χ0v) is 14.9. The SMILES string of the molecule is O=C(COC(=O)CNC(=O)COc1ccccc1)NCCc1cccs1. The van der Waals surface area contributed by atoms with Crippen LogP contribution in [0.5, 0.6) is 5.75 Å². The zero-order valence-electron chi connectivity index (χ0n) is 14.1. The monoisotopic (exact) mass is 376 g/mol. The summed E-state index contributed by atoms with van der Waals surface area (Å²) in [6, 6.07) is 12.8. The predicted molar refractivity (Wildman–Crippen MR) is 96.9 cm³/mol. The second-order valence-corrected chi connectivity index (χ2v) is 6.25. The lowest BCUT2D eigenvalue weighted by molar-refractivity contribution is -0.148. The topological polar surface area (TPSA) is 93.7 Å². The molecule has 0 atom stereocenters. The van der Waals surface area contributed by atoms with Gasteiger partial charge in [-0.3, -0.25) is 14.4 Å². The van der Waals surface area contributed by atoms with Gasteiger partial charge in [0, 0.05) is 11.4 Å². The largest absolute Gasteiger partial charge is 0.484 e. The predicted octanol–water partition coefficient (Wildman–Crippen LogP) is 1.15. The van der Waals surface area contributed by atoms with Crippen LogP contribution < -0.4 is 15.4 Å². The van der Waals surface area contributed by atoms with E-state index in [0.717, 1.165) is 6.42 Å². The number of ether oxygens (including phenoxy) is 2. The molecule has 1 aromatic carbocycles. The van der Waals surface area contributed by atoms with Gasteiger partial charge in [-0.25, -0.2) is 0 Å². The number of rotatable bonds is 10. The van der Waals surface area contributed by atoms with E-state index in [1.54, 1.807) is 35.6 Å². The maximum absolute atomic E-state index is 11.6. The summed E-state index contributed by atoms with van der Waals surface area (Å²) in [5.41, 5.74) is 0. The third kappa shape index (κ3) is 7.80. The van der Waals surface area contributed by atoms with Crippen LogP contribution in [0.2, 0.25) is 0 Å². The summed E-state index contributed by atoms with van der Waals surface area (Å²) in [5.74, 6) is -0.962. The van der Waals surface area contributed by atoms with Crippen LogP contribution in [0.1, 0.15) is 4.88 Å². The molecule has 1 heterocycles. The third-order valence-corrected chi connectivity index (χ3v) is 4.12. The Bertz CT molecular complexity index is 704. The number of hydrogen-bond donors (Lipinski definition) is 2. The molecule has 0 saturated carbocycles. The number of benzene rings is 1. The Balaban J connectivity index is 1.52. The van der Waals surface area contributed by atoms with Gasteiger partial charge in [0.25, 0.3) is 11.8 Å². The minimum atomic E-state index is -0.688. The number of amides is 2. The van der Waals surface area contributed by atoms with Gasteiger partial charge in [-0.2, -0.15) is 0 Å². The molecule has 2 aromatic rings. The summed E-state index contributed by atoms with van der Waals surface area (Å²) in [4.78, 5) is 35.9. The van der Waals surface area contributed by atoms with Crippen LogP contribution in [0.15, 0.2) is 47.8 Å². The lowest BCUT2D eigenvalue weighted by Gasteiger charge is -2.08. The average Bonchev–Trinajstić information content (AvgIpc) is 3.17. The van der Waals surface area contributed by atoms with Gasteiger partial charge in [0.1, 0.15) is 12.3 Å². The smallest absolute Gasteiger partial charge is 0.325 e. The normalized spacial score (nSPS) is 10.0. The van der Waals surface area contributed by atoms with E-state index >= 15 is 0 Å². The van der Waals surface area contributed by atoms with E-state index in [0.29, 0.717) is 12.3 Å². The summed E-state index contributed by atoms with van der Waals surface area (Å²) in [6.07, 6.45) is 0.731. The molecule has 26 heavy (non-hydrogen) atoms. The fraction of sp³-hybridized carbons (Fsp3) is 0.278. The molecule has 0 bridgehead atoms. The molecule has 138 valence electrons. The van der Waals surface area contributed by atoms with Crippen molar-refractivity contribution in [3.05, 3.63) is 52.7 Å². The minimum absolute atomic E-state index is 0.208. The molecular formula is C18H20N2O5S. The maximum Gasteiger partial charge on any atom is 0.325 e. The van der Waals surface area contributed by atoms with Gasteiger partial charge in [0.05, 0.1) is 0 Å². The first-order valence-electron chi connectivity index (χ1n) is 8.03. The van der Waals surface area contributed by atoms with Gasteiger partial charge >= 0.3 is 5.97 Å². The molecule has 0 unspecified atom stereocenters. The summed E-state index contributed by atoms with van der Waals surface area (Å²) in [6.45, 7) is -0.427. The van der Waals surface area contributed by atoms with Crippen molar-refractivity contribution in [2.75, 3.05) is 26.3 Å². The quantitative estimate of drug-likeness (QED) is 0.607. The number of thiophene rings is 1. The Morgan fingerprint density at radius 3 is 2.42 bits per heavy atom. The van der Waals surface area contributed by atoms with Crippen molar-refractivity contribution in [2.24, 2.45) is 0 Å². The molecule has 7 nitrogen and oxygen atoms in total. The van der Waals surface area contributed by atoms with Crippen molar-refractivity contribution in [1.29, 1.82) is 0 Å². The fourth-order valence-electron chi connectivity index (χ4n) is 1.92. The van der Waals surface area contributed by atoms with E-state index in [1.165, 1.54) is 4.88 Å². The maximum atomic E-state index is 11.6. The molecule has 2 amide bonds. The van der Waals surface area contributed by atoms with Gasteiger partial charge in [0.15, 0.2) is 13.2 Å². The molecule has 0 spiro atoms. The number of carbonyl (C=O) groups is 3. The van der Waals surface area contributed by atoms with Crippen molar-refractivity contribution < 1.29 is 23.9 Å². The Kier molecular flexibility index (Phi) is 8.14. The van der Waals surface area contributed by atoms with Gasteiger partial charge in [-0.1, -0.05) is 24.3 Å². The van der Waals surface area contributed by atoms with Crippen LogP contribution in [0.3, 0.4) is 0 Å². The molecule has 0 radical (unpaired) electrons. The van der Waals surface area contributed by atoms with Crippen LogP contribution in [0.25, 0.3) is 0 Å². The highest BCUT2D eigenvalue weighted by Crippen LogP contribution is 2.08. The van der Waals surface area contributed by atoms with E-state index in [4.69, 9.17) is 9.47 Å². The molecule has 0 aliphatic heterocycles. The Hall–Kier alpha value is -2.87. The summed E-state index contributed by atoms with van der Waals surface area (Å²) >= 11 is 1.62. The van der Waals surface area contributed by atoms with Crippen LogP contribution in [0, 0.1) is 0 Å². The van der Waals surface area contributed by atoms with E-state index < -0.39 is 11.9 Å². The van der Waals surface area contributed by atoms with Crippen LogP contribution in [0.4, 0.5) is 0 Å². The van der Waals surface area contributed by atoms with Crippen molar-refractivity contribution in [2.45, 2.75) is 6.42 Å². The standard InChI is InChI=1S/C18H20N2O5S/c21-16(19-9-8-15-7-4-10-26-15)13-25-18(23)11-20-17(22)12-24-14-5-2-1-3-6-14/h1-7,10H,8-9,11-13H2,(H,19,21)(H,20,22).